The van der Waals surface area contributed by atoms with Crippen LogP contribution in [0.4, 0.5) is 0 Å². The second-order valence-corrected chi connectivity index (χ2v) is 3.69. The zero-order chi connectivity index (χ0) is 11.3. The molecule has 0 aliphatic carbocycles. The van der Waals surface area contributed by atoms with Gasteiger partial charge in [-0.15, -0.1) is 0 Å². The van der Waals surface area contributed by atoms with Gasteiger partial charge in [0.2, 0.25) is 0 Å². The Hall–Kier alpha value is -1.35. The molecule has 1 unspecified atom stereocenters. The van der Waals surface area contributed by atoms with Crippen LogP contribution in [0.3, 0.4) is 0 Å². The normalized spacial score (nSPS) is 12.4. The average Bonchev–Trinajstić information content (AvgIpc) is 2.20. The van der Waals surface area contributed by atoms with Crippen molar-refractivity contribution in [1.29, 1.82) is 0 Å². The van der Waals surface area contributed by atoms with Crippen LogP contribution in [0.15, 0.2) is 24.3 Å². The van der Waals surface area contributed by atoms with Crippen molar-refractivity contribution in [3.05, 3.63) is 35.4 Å². The Kier molecular flexibility index (Phi) is 4.31. The molecule has 15 heavy (non-hydrogen) atoms. The third-order valence-corrected chi connectivity index (χ3v) is 2.48. The predicted molar refractivity (Wildman–Crippen MR) is 60.0 cm³/mol. The first-order chi connectivity index (χ1) is 7.11. The SMILES string of the molecule is Cc1ccccc1CCNC(C)C(=O)O. The average molecular weight is 207 g/mol. The number of benzene rings is 1. The van der Waals surface area contributed by atoms with Gasteiger partial charge in [-0.05, 0) is 37.9 Å². The van der Waals surface area contributed by atoms with Crippen LogP contribution >= 0.6 is 0 Å². The van der Waals surface area contributed by atoms with E-state index >= 15 is 0 Å². The summed E-state index contributed by atoms with van der Waals surface area (Å²) in [5.74, 6) is -0.806. The number of nitrogens with one attached hydrogen (secondary N) is 1. The zero-order valence-electron chi connectivity index (χ0n) is 9.16. The second kappa shape index (κ2) is 5.51. The number of carboxylic acids is 1. The fourth-order valence-electron chi connectivity index (χ4n) is 1.40. The van der Waals surface area contributed by atoms with E-state index in [9.17, 15) is 4.79 Å². The third kappa shape index (κ3) is 3.72. The van der Waals surface area contributed by atoms with Gasteiger partial charge in [0.1, 0.15) is 6.04 Å². The van der Waals surface area contributed by atoms with Crippen molar-refractivity contribution in [3.8, 4) is 0 Å². The lowest BCUT2D eigenvalue weighted by Gasteiger charge is -2.10. The van der Waals surface area contributed by atoms with E-state index in [1.165, 1.54) is 11.1 Å². The van der Waals surface area contributed by atoms with Crippen LogP contribution in [-0.4, -0.2) is 23.7 Å². The van der Waals surface area contributed by atoms with Crippen molar-refractivity contribution in [2.45, 2.75) is 26.3 Å². The minimum atomic E-state index is -0.806. The highest BCUT2D eigenvalue weighted by Gasteiger charge is 2.08. The quantitative estimate of drug-likeness (QED) is 0.771. The van der Waals surface area contributed by atoms with E-state index in [0.29, 0.717) is 6.54 Å². The zero-order valence-corrected chi connectivity index (χ0v) is 9.16. The van der Waals surface area contributed by atoms with Crippen LogP contribution < -0.4 is 5.32 Å². The van der Waals surface area contributed by atoms with Crippen LogP contribution in [-0.2, 0) is 11.2 Å². The van der Waals surface area contributed by atoms with Gasteiger partial charge < -0.3 is 10.4 Å². The van der Waals surface area contributed by atoms with Gasteiger partial charge in [-0.25, -0.2) is 0 Å². The van der Waals surface area contributed by atoms with Gasteiger partial charge in [-0.2, -0.15) is 0 Å². The highest BCUT2D eigenvalue weighted by Crippen LogP contribution is 2.06. The lowest BCUT2D eigenvalue weighted by Crippen LogP contribution is -2.35. The topological polar surface area (TPSA) is 49.3 Å². The lowest BCUT2D eigenvalue weighted by atomic mass is 10.1. The number of carboxylic acid groups (broad SMARTS) is 1. The largest absolute Gasteiger partial charge is 0.480 e. The first-order valence-corrected chi connectivity index (χ1v) is 5.12. The van der Waals surface area contributed by atoms with E-state index < -0.39 is 12.0 Å². The van der Waals surface area contributed by atoms with Gasteiger partial charge in [-0.1, -0.05) is 24.3 Å². The van der Waals surface area contributed by atoms with Crippen LogP contribution in [0.5, 0.6) is 0 Å². The van der Waals surface area contributed by atoms with Crippen LogP contribution in [0.25, 0.3) is 0 Å². The molecule has 0 saturated heterocycles. The summed E-state index contributed by atoms with van der Waals surface area (Å²) < 4.78 is 0. The summed E-state index contributed by atoms with van der Waals surface area (Å²) in [6.45, 7) is 4.41. The fourth-order valence-corrected chi connectivity index (χ4v) is 1.40. The Morgan fingerprint density at radius 3 is 2.73 bits per heavy atom. The molecule has 0 radical (unpaired) electrons. The number of hydrogen-bond donors (Lipinski definition) is 2. The Labute approximate surface area is 90.1 Å². The highest BCUT2D eigenvalue weighted by atomic mass is 16.4. The molecule has 0 aromatic heterocycles. The molecule has 0 fully saturated rings. The van der Waals surface area contributed by atoms with Crippen molar-refractivity contribution in [1.82, 2.24) is 5.32 Å². The number of rotatable bonds is 5. The van der Waals surface area contributed by atoms with E-state index in [1.807, 2.05) is 12.1 Å². The Balaban J connectivity index is 2.38. The summed E-state index contributed by atoms with van der Waals surface area (Å²) in [6.07, 6.45) is 0.865. The molecule has 82 valence electrons. The summed E-state index contributed by atoms with van der Waals surface area (Å²) >= 11 is 0. The maximum absolute atomic E-state index is 10.5. The van der Waals surface area contributed by atoms with E-state index in [4.69, 9.17) is 5.11 Å². The molecule has 0 bridgehead atoms. The van der Waals surface area contributed by atoms with Crippen LogP contribution in [0.2, 0.25) is 0 Å². The molecule has 1 rings (SSSR count). The molecule has 3 nitrogen and oxygen atoms in total. The molecule has 0 saturated carbocycles. The number of carbonyl (C=O) groups is 1. The molecule has 1 atom stereocenters. The van der Waals surface area contributed by atoms with E-state index in [2.05, 4.69) is 24.4 Å². The molecule has 0 spiro atoms. The predicted octanol–water partition coefficient (Wildman–Crippen LogP) is 1.60. The van der Waals surface area contributed by atoms with Gasteiger partial charge in [0.15, 0.2) is 0 Å². The summed E-state index contributed by atoms with van der Waals surface area (Å²) in [5, 5.41) is 11.6. The van der Waals surface area contributed by atoms with Gasteiger partial charge in [0.05, 0.1) is 0 Å². The minimum Gasteiger partial charge on any atom is -0.480 e. The highest BCUT2D eigenvalue weighted by molar-refractivity contribution is 5.72. The van der Waals surface area contributed by atoms with Crippen LogP contribution in [0.1, 0.15) is 18.1 Å². The summed E-state index contributed by atoms with van der Waals surface area (Å²) in [6, 6.07) is 7.67. The maximum Gasteiger partial charge on any atom is 0.320 e. The summed E-state index contributed by atoms with van der Waals surface area (Å²) in [5.41, 5.74) is 2.52. The van der Waals surface area contributed by atoms with Gasteiger partial charge >= 0.3 is 5.97 Å². The first-order valence-electron chi connectivity index (χ1n) is 5.12. The fraction of sp³-hybridized carbons (Fsp3) is 0.417. The summed E-state index contributed by atoms with van der Waals surface area (Å²) in [7, 11) is 0. The van der Waals surface area contributed by atoms with Gasteiger partial charge in [0.25, 0.3) is 0 Å². The second-order valence-electron chi connectivity index (χ2n) is 3.69. The molecular weight excluding hydrogens is 190 g/mol. The van der Waals surface area contributed by atoms with Crippen molar-refractivity contribution >= 4 is 5.97 Å². The van der Waals surface area contributed by atoms with E-state index in [1.54, 1.807) is 6.92 Å². The summed E-state index contributed by atoms with van der Waals surface area (Å²) in [4.78, 5) is 10.5. The van der Waals surface area contributed by atoms with E-state index in [0.717, 1.165) is 6.42 Å². The number of aryl methyl sites for hydroxylation is 1. The molecule has 3 heteroatoms. The Morgan fingerprint density at radius 1 is 1.47 bits per heavy atom. The maximum atomic E-state index is 10.5. The molecule has 0 aliphatic rings. The minimum absolute atomic E-state index is 0.478. The van der Waals surface area contributed by atoms with Gasteiger partial charge in [0, 0.05) is 0 Å². The molecular formula is C12H17NO2. The molecule has 2 N–H and O–H groups in total. The molecule has 0 amide bonds. The molecule has 0 aliphatic heterocycles. The smallest absolute Gasteiger partial charge is 0.320 e. The van der Waals surface area contributed by atoms with E-state index in [-0.39, 0.29) is 0 Å². The van der Waals surface area contributed by atoms with Crippen molar-refractivity contribution < 1.29 is 9.90 Å². The third-order valence-electron chi connectivity index (χ3n) is 2.48. The van der Waals surface area contributed by atoms with Crippen molar-refractivity contribution in [2.24, 2.45) is 0 Å². The number of hydrogen-bond acceptors (Lipinski definition) is 2. The molecule has 1 aromatic rings. The molecule has 0 heterocycles. The van der Waals surface area contributed by atoms with Gasteiger partial charge in [-0.3, -0.25) is 4.79 Å². The first kappa shape index (κ1) is 11.7. The monoisotopic (exact) mass is 207 g/mol. The Bertz CT molecular complexity index is 336. The van der Waals surface area contributed by atoms with Crippen LogP contribution in [0, 0.1) is 6.92 Å². The number of aliphatic carboxylic acids is 1. The molecule has 1 aromatic carbocycles. The lowest BCUT2D eigenvalue weighted by molar-refractivity contribution is -0.138. The van der Waals surface area contributed by atoms with Crippen molar-refractivity contribution in [2.75, 3.05) is 6.54 Å². The standard InChI is InChI=1S/C12H17NO2/c1-9-5-3-4-6-11(9)7-8-13-10(2)12(14)15/h3-6,10,13H,7-8H2,1-2H3,(H,14,15). The Morgan fingerprint density at radius 2 is 2.13 bits per heavy atom. The van der Waals surface area contributed by atoms with Crippen molar-refractivity contribution in [3.63, 3.8) is 0 Å².